The molecule has 5 rings (SSSR count). The number of carbonyl (C=O) groups excluding carboxylic acids is 4. The van der Waals surface area contributed by atoms with Gasteiger partial charge in [-0.15, -0.1) is 0 Å². The quantitative estimate of drug-likeness (QED) is 0.230. The van der Waals surface area contributed by atoms with Crippen molar-refractivity contribution in [3.8, 4) is 0 Å². The predicted molar refractivity (Wildman–Crippen MR) is 136 cm³/mol. The van der Waals surface area contributed by atoms with Crippen LogP contribution in [0.5, 0.6) is 0 Å². The monoisotopic (exact) mass is 528 g/mol. The minimum atomic E-state index is -1.62. The molecule has 2 unspecified atom stereocenters. The third-order valence-electron chi connectivity index (χ3n) is 11.3. The molecule has 1 heterocycles. The highest BCUT2D eigenvalue weighted by Crippen LogP contribution is 2.79. The number of hydrogen-bond acceptors (Lipinski definition) is 8. The molecule has 3 fully saturated rings. The number of ketones is 1. The molecule has 0 radical (unpaired) electrons. The average Bonchev–Trinajstić information content (AvgIpc) is 3.18. The topological polar surface area (TPSA) is 105 Å². The molecule has 8 atom stereocenters. The number of carbonyl (C=O) groups is 4. The molecule has 1 saturated heterocycles. The van der Waals surface area contributed by atoms with Crippen LogP contribution in [-0.2, 0) is 38.1 Å². The molecule has 0 N–H and O–H groups in total. The van der Waals surface area contributed by atoms with E-state index in [1.807, 2.05) is 41.5 Å². The van der Waals surface area contributed by atoms with Gasteiger partial charge in [0.05, 0.1) is 24.5 Å². The number of Topliss-reactive ketones (excluding diaryl/α,β-unsaturated/α-hetero) is 1. The van der Waals surface area contributed by atoms with Gasteiger partial charge in [-0.2, -0.15) is 0 Å². The third-order valence-corrected chi connectivity index (χ3v) is 11.3. The molecule has 1 aliphatic heterocycles. The second-order valence-electron chi connectivity index (χ2n) is 13.0. The fourth-order valence-electron chi connectivity index (χ4n) is 9.95. The van der Waals surface area contributed by atoms with E-state index in [0.29, 0.717) is 37.2 Å². The summed E-state index contributed by atoms with van der Waals surface area (Å²) in [5.41, 5.74) is -3.98. The Hall–Kier alpha value is -2.64. The fourth-order valence-corrected chi connectivity index (χ4v) is 9.95. The molecule has 0 aromatic carbocycles. The number of ether oxygens (including phenoxy) is 4. The van der Waals surface area contributed by atoms with Gasteiger partial charge in [-0.25, -0.2) is 0 Å². The van der Waals surface area contributed by atoms with Crippen molar-refractivity contribution in [1.29, 1.82) is 0 Å². The Morgan fingerprint density at radius 1 is 1.13 bits per heavy atom. The summed E-state index contributed by atoms with van der Waals surface area (Å²) in [6, 6.07) is 0. The van der Waals surface area contributed by atoms with Crippen molar-refractivity contribution in [2.75, 3.05) is 13.7 Å². The van der Waals surface area contributed by atoms with E-state index < -0.39 is 45.1 Å². The van der Waals surface area contributed by atoms with Crippen molar-refractivity contribution in [2.45, 2.75) is 86.9 Å². The Labute approximate surface area is 224 Å². The fraction of sp³-hybridized carbons (Fsp3) is 0.733. The smallest absolute Gasteiger partial charge is 0.321 e. The van der Waals surface area contributed by atoms with Gasteiger partial charge in [-0.05, 0) is 47.0 Å². The number of fused-ring (bicyclic) bond motifs is 3. The number of esters is 3. The average molecular weight is 529 g/mol. The summed E-state index contributed by atoms with van der Waals surface area (Å²) >= 11 is 0. The van der Waals surface area contributed by atoms with Crippen LogP contribution in [0.25, 0.3) is 0 Å². The Balaban J connectivity index is 1.79. The Morgan fingerprint density at radius 2 is 1.79 bits per heavy atom. The van der Waals surface area contributed by atoms with E-state index in [9.17, 15) is 19.2 Å². The first-order chi connectivity index (χ1) is 17.6. The minimum Gasteiger partial charge on any atom is -0.497 e. The van der Waals surface area contributed by atoms with Crippen LogP contribution < -0.4 is 0 Å². The molecule has 38 heavy (non-hydrogen) atoms. The van der Waals surface area contributed by atoms with E-state index in [1.165, 1.54) is 14.0 Å². The summed E-state index contributed by atoms with van der Waals surface area (Å²) in [7, 11) is 1.32. The molecule has 2 saturated carbocycles. The second-order valence-corrected chi connectivity index (χ2v) is 13.0. The van der Waals surface area contributed by atoms with E-state index >= 15 is 0 Å². The summed E-state index contributed by atoms with van der Waals surface area (Å²) in [6.07, 6.45) is 2.44. The van der Waals surface area contributed by atoms with Gasteiger partial charge >= 0.3 is 17.9 Å². The van der Waals surface area contributed by atoms with Gasteiger partial charge in [0.15, 0.2) is 11.2 Å². The SMILES string of the molecule is CCOC1=C(C)C(=O)[C@]2(C(=O)OC)[C@@]1(C)C(C)=CC1[C@]34CC[C@H](OC(C)=O)C(C)(C)C3[C@H](C[C@@]12C)OC4=O. The summed E-state index contributed by atoms with van der Waals surface area (Å²) in [5, 5.41) is 0. The van der Waals surface area contributed by atoms with Crippen LogP contribution in [0.3, 0.4) is 0 Å². The molecule has 208 valence electrons. The van der Waals surface area contributed by atoms with E-state index in [0.717, 1.165) is 5.57 Å². The van der Waals surface area contributed by atoms with E-state index in [4.69, 9.17) is 18.9 Å². The van der Waals surface area contributed by atoms with Crippen LogP contribution in [0, 0.1) is 38.9 Å². The van der Waals surface area contributed by atoms with Crippen LogP contribution in [0.4, 0.5) is 0 Å². The Bertz CT molecular complexity index is 1210. The van der Waals surface area contributed by atoms with Crippen LogP contribution in [-0.4, -0.2) is 49.6 Å². The molecule has 4 aliphatic carbocycles. The maximum absolute atomic E-state index is 14.5. The molecule has 2 bridgehead atoms. The van der Waals surface area contributed by atoms with E-state index in [-0.39, 0.29) is 29.7 Å². The predicted octanol–water partition coefficient (Wildman–Crippen LogP) is 4.31. The normalized spacial score (nSPS) is 44.4. The molecular formula is C30H40O8. The lowest BCUT2D eigenvalue weighted by atomic mass is 9.33. The minimum absolute atomic E-state index is 0.251. The van der Waals surface area contributed by atoms with Gasteiger partial charge in [-0.1, -0.05) is 32.4 Å². The van der Waals surface area contributed by atoms with Gasteiger partial charge in [0.1, 0.15) is 18.0 Å². The van der Waals surface area contributed by atoms with Crippen LogP contribution in [0.15, 0.2) is 23.0 Å². The number of rotatable bonds is 4. The maximum Gasteiger partial charge on any atom is 0.321 e. The summed E-state index contributed by atoms with van der Waals surface area (Å²) < 4.78 is 23.5. The molecule has 8 heteroatoms. The lowest BCUT2D eigenvalue weighted by Crippen LogP contribution is -2.71. The first-order valence-electron chi connectivity index (χ1n) is 13.7. The van der Waals surface area contributed by atoms with Crippen LogP contribution in [0.1, 0.15) is 74.7 Å². The maximum atomic E-state index is 14.5. The van der Waals surface area contributed by atoms with Crippen molar-refractivity contribution in [1.82, 2.24) is 0 Å². The molecule has 0 aromatic heterocycles. The molecule has 0 aromatic rings. The molecule has 0 amide bonds. The van der Waals surface area contributed by atoms with Gasteiger partial charge in [-0.3, -0.25) is 19.2 Å². The highest BCUT2D eigenvalue weighted by atomic mass is 16.6. The lowest BCUT2D eigenvalue weighted by Gasteiger charge is -2.66. The third kappa shape index (κ3) is 2.63. The highest BCUT2D eigenvalue weighted by Gasteiger charge is 2.85. The van der Waals surface area contributed by atoms with Crippen molar-refractivity contribution in [3.63, 3.8) is 0 Å². The molecule has 8 nitrogen and oxygen atoms in total. The zero-order valence-electron chi connectivity index (χ0n) is 24.0. The van der Waals surface area contributed by atoms with Gasteiger partial charge in [0.2, 0.25) is 0 Å². The number of allylic oxidation sites excluding steroid dienone is 3. The first kappa shape index (κ1) is 26.9. The molecule has 0 spiro atoms. The van der Waals surface area contributed by atoms with Crippen molar-refractivity contribution in [2.24, 2.45) is 38.9 Å². The Morgan fingerprint density at radius 3 is 2.37 bits per heavy atom. The van der Waals surface area contributed by atoms with Gasteiger partial charge in [0, 0.05) is 35.2 Å². The standard InChI is InChI=1S/C30H40O8/c1-10-36-23-16(3)22(32)30(25(34)35-9)27(7)14-18-21-26(5,6)20(37-17(4)31)11-12-29(21,24(33)38-18)19(27)13-15(2)28(23,30)8/h13,18-21H,10-12,14H2,1-9H3/t18-,19?,20-,21?,27-,28-,29+,30+/m0/s1. The van der Waals surface area contributed by atoms with Crippen molar-refractivity contribution in [3.05, 3.63) is 23.0 Å². The van der Waals surface area contributed by atoms with Gasteiger partial charge in [0.25, 0.3) is 0 Å². The molecular weight excluding hydrogens is 488 g/mol. The van der Waals surface area contributed by atoms with Crippen LogP contribution in [0.2, 0.25) is 0 Å². The van der Waals surface area contributed by atoms with Crippen molar-refractivity contribution < 1.29 is 38.1 Å². The number of methoxy groups -OCH3 is 1. The number of hydrogen-bond donors (Lipinski definition) is 0. The van der Waals surface area contributed by atoms with Crippen LogP contribution >= 0.6 is 0 Å². The van der Waals surface area contributed by atoms with E-state index in [2.05, 4.69) is 6.08 Å². The highest BCUT2D eigenvalue weighted by molar-refractivity contribution is 6.17. The van der Waals surface area contributed by atoms with Crippen molar-refractivity contribution >= 4 is 23.7 Å². The molecule has 5 aliphatic rings. The summed E-state index contributed by atoms with van der Waals surface area (Å²) in [5.74, 6) is -1.76. The zero-order valence-corrected chi connectivity index (χ0v) is 24.0. The largest absolute Gasteiger partial charge is 0.497 e. The second kappa shape index (κ2) is 7.95. The summed E-state index contributed by atoms with van der Waals surface area (Å²) in [6.45, 7) is 15.2. The zero-order chi connectivity index (χ0) is 28.2. The van der Waals surface area contributed by atoms with E-state index in [1.54, 1.807) is 6.92 Å². The van der Waals surface area contributed by atoms with Gasteiger partial charge < -0.3 is 18.9 Å². The summed E-state index contributed by atoms with van der Waals surface area (Å²) in [4.78, 5) is 54.5. The first-order valence-corrected chi connectivity index (χ1v) is 13.7. The Kier molecular flexibility index (Phi) is 5.64. The lowest BCUT2D eigenvalue weighted by molar-refractivity contribution is -0.217.